The summed E-state index contributed by atoms with van der Waals surface area (Å²) in [5.41, 5.74) is 2.36. The Labute approximate surface area is 83.5 Å². The number of hydrogen-bond acceptors (Lipinski definition) is 2. The van der Waals surface area contributed by atoms with Crippen molar-refractivity contribution >= 4 is 0 Å². The van der Waals surface area contributed by atoms with E-state index in [1.54, 1.807) is 6.07 Å². The molecule has 0 bridgehead atoms. The Hall–Kier alpha value is -1.09. The number of rotatable bonds is 1. The quantitative estimate of drug-likeness (QED) is 0.698. The van der Waals surface area contributed by atoms with Crippen LogP contribution in [0.25, 0.3) is 0 Å². The molecule has 0 unspecified atom stereocenters. The van der Waals surface area contributed by atoms with E-state index in [2.05, 4.69) is 17.2 Å². The van der Waals surface area contributed by atoms with Crippen LogP contribution in [-0.4, -0.2) is 11.5 Å². The Morgan fingerprint density at radius 2 is 2.36 bits per heavy atom. The molecule has 3 heteroatoms. The third kappa shape index (κ3) is 1.87. The molecule has 1 aromatic heterocycles. The molecule has 1 atom stereocenters. The summed E-state index contributed by atoms with van der Waals surface area (Å²) in [7, 11) is 0. The summed E-state index contributed by atoms with van der Waals surface area (Å²) in [6.07, 6.45) is 2.27. The average Bonchev–Trinajstić information content (AvgIpc) is 2.38. The summed E-state index contributed by atoms with van der Waals surface area (Å²) in [4.78, 5) is 14.0. The molecule has 0 aliphatic carbocycles. The fourth-order valence-electron chi connectivity index (χ4n) is 1.97. The van der Waals surface area contributed by atoms with Crippen LogP contribution < -0.4 is 10.9 Å². The molecule has 2 heterocycles. The predicted octanol–water partition coefficient (Wildman–Crippen LogP) is 1.05. The summed E-state index contributed by atoms with van der Waals surface area (Å²) in [6.45, 7) is 4.05. The Bertz CT molecular complexity index is 370. The smallest absolute Gasteiger partial charge is 0.248 e. The van der Waals surface area contributed by atoms with Gasteiger partial charge in [-0.1, -0.05) is 19.4 Å². The Morgan fingerprint density at radius 1 is 1.50 bits per heavy atom. The lowest BCUT2D eigenvalue weighted by molar-refractivity contribution is 0.477. The summed E-state index contributed by atoms with van der Waals surface area (Å²) in [6, 6.07) is 3.58. The second kappa shape index (κ2) is 3.96. The van der Waals surface area contributed by atoms with Crippen LogP contribution in [0, 0.1) is 5.92 Å². The van der Waals surface area contributed by atoms with Gasteiger partial charge in [0.05, 0.1) is 0 Å². The minimum atomic E-state index is 0.000462. The minimum absolute atomic E-state index is 0.000462. The molecule has 0 saturated heterocycles. The monoisotopic (exact) mass is 192 g/mol. The van der Waals surface area contributed by atoms with Crippen molar-refractivity contribution < 1.29 is 0 Å². The molecule has 0 radical (unpaired) electrons. The summed E-state index contributed by atoms with van der Waals surface area (Å²) in [5.74, 6) is 0.696. The van der Waals surface area contributed by atoms with E-state index in [-0.39, 0.29) is 5.56 Å². The SMILES string of the molecule is CC[C@@H]1CNCc2[nH]c(=O)ccc2C1. The summed E-state index contributed by atoms with van der Waals surface area (Å²) < 4.78 is 0. The number of nitrogens with one attached hydrogen (secondary N) is 2. The predicted molar refractivity (Wildman–Crippen MR) is 56.3 cm³/mol. The lowest BCUT2D eigenvalue weighted by atomic mass is 9.98. The van der Waals surface area contributed by atoms with Gasteiger partial charge in [0.2, 0.25) is 5.56 Å². The van der Waals surface area contributed by atoms with E-state index in [0.29, 0.717) is 5.92 Å². The molecule has 0 fully saturated rings. The van der Waals surface area contributed by atoms with Crippen molar-refractivity contribution in [2.24, 2.45) is 5.92 Å². The second-order valence-corrected chi connectivity index (χ2v) is 3.94. The van der Waals surface area contributed by atoms with E-state index in [0.717, 1.165) is 25.2 Å². The Morgan fingerprint density at radius 3 is 3.14 bits per heavy atom. The molecule has 2 N–H and O–H groups in total. The number of aromatic amines is 1. The van der Waals surface area contributed by atoms with Crippen LogP contribution in [0.3, 0.4) is 0 Å². The van der Waals surface area contributed by atoms with Gasteiger partial charge < -0.3 is 10.3 Å². The van der Waals surface area contributed by atoms with Crippen molar-refractivity contribution in [2.75, 3.05) is 6.54 Å². The first kappa shape index (κ1) is 9.46. The fourth-order valence-corrected chi connectivity index (χ4v) is 1.97. The Balaban J connectivity index is 2.32. The molecule has 0 amide bonds. The standard InChI is InChI=1S/C11H16N2O/c1-2-8-5-9-3-4-11(14)13-10(9)7-12-6-8/h3-4,8,12H,2,5-7H2,1H3,(H,13,14)/t8-/m0/s1. The van der Waals surface area contributed by atoms with Gasteiger partial charge in [-0.15, -0.1) is 0 Å². The zero-order valence-corrected chi connectivity index (χ0v) is 8.47. The number of hydrogen-bond donors (Lipinski definition) is 2. The van der Waals surface area contributed by atoms with Crippen molar-refractivity contribution in [3.8, 4) is 0 Å². The number of H-pyrrole nitrogens is 1. The van der Waals surface area contributed by atoms with Crippen molar-refractivity contribution in [1.82, 2.24) is 10.3 Å². The van der Waals surface area contributed by atoms with Gasteiger partial charge in [-0.3, -0.25) is 4.79 Å². The molecule has 2 rings (SSSR count). The van der Waals surface area contributed by atoms with Crippen molar-refractivity contribution in [2.45, 2.75) is 26.3 Å². The van der Waals surface area contributed by atoms with Crippen molar-refractivity contribution in [3.05, 3.63) is 33.7 Å². The molecule has 0 spiro atoms. The van der Waals surface area contributed by atoms with Crippen LogP contribution in [0.1, 0.15) is 24.6 Å². The van der Waals surface area contributed by atoms with Gasteiger partial charge in [0.1, 0.15) is 0 Å². The first-order valence-corrected chi connectivity index (χ1v) is 5.21. The highest BCUT2D eigenvalue weighted by molar-refractivity contribution is 5.21. The van der Waals surface area contributed by atoms with E-state index in [1.165, 1.54) is 12.0 Å². The molecular formula is C11H16N2O. The van der Waals surface area contributed by atoms with Crippen LogP contribution in [-0.2, 0) is 13.0 Å². The molecule has 14 heavy (non-hydrogen) atoms. The molecule has 0 aromatic carbocycles. The lowest BCUT2D eigenvalue weighted by Gasteiger charge is -2.10. The van der Waals surface area contributed by atoms with Gasteiger partial charge in [0.15, 0.2) is 0 Å². The first-order chi connectivity index (χ1) is 6.79. The topological polar surface area (TPSA) is 44.9 Å². The van der Waals surface area contributed by atoms with E-state index in [4.69, 9.17) is 0 Å². The number of pyridine rings is 1. The normalized spacial score (nSPS) is 21.4. The number of aromatic nitrogens is 1. The van der Waals surface area contributed by atoms with Crippen LogP contribution in [0.5, 0.6) is 0 Å². The zero-order valence-electron chi connectivity index (χ0n) is 8.47. The van der Waals surface area contributed by atoms with E-state index >= 15 is 0 Å². The highest BCUT2D eigenvalue weighted by atomic mass is 16.1. The van der Waals surface area contributed by atoms with E-state index in [1.807, 2.05) is 6.07 Å². The molecule has 1 aromatic rings. The lowest BCUT2D eigenvalue weighted by Crippen LogP contribution is -2.20. The molecule has 76 valence electrons. The highest BCUT2D eigenvalue weighted by Gasteiger charge is 2.14. The van der Waals surface area contributed by atoms with Crippen molar-refractivity contribution in [3.63, 3.8) is 0 Å². The largest absolute Gasteiger partial charge is 0.325 e. The minimum Gasteiger partial charge on any atom is -0.325 e. The van der Waals surface area contributed by atoms with Gasteiger partial charge in [-0.2, -0.15) is 0 Å². The second-order valence-electron chi connectivity index (χ2n) is 3.94. The molecule has 0 saturated carbocycles. The van der Waals surface area contributed by atoms with E-state index < -0.39 is 0 Å². The van der Waals surface area contributed by atoms with Gasteiger partial charge in [0.25, 0.3) is 0 Å². The zero-order chi connectivity index (χ0) is 9.97. The summed E-state index contributed by atoms with van der Waals surface area (Å²) >= 11 is 0. The molecule has 1 aliphatic rings. The summed E-state index contributed by atoms with van der Waals surface area (Å²) in [5, 5.41) is 3.36. The first-order valence-electron chi connectivity index (χ1n) is 5.21. The van der Waals surface area contributed by atoms with Crippen LogP contribution in [0.2, 0.25) is 0 Å². The van der Waals surface area contributed by atoms with Crippen molar-refractivity contribution in [1.29, 1.82) is 0 Å². The molecule has 1 aliphatic heterocycles. The van der Waals surface area contributed by atoms with Gasteiger partial charge >= 0.3 is 0 Å². The molecule has 3 nitrogen and oxygen atoms in total. The molecular weight excluding hydrogens is 176 g/mol. The van der Waals surface area contributed by atoms with Crippen LogP contribution >= 0.6 is 0 Å². The van der Waals surface area contributed by atoms with Gasteiger partial charge in [-0.05, 0) is 24.4 Å². The maximum Gasteiger partial charge on any atom is 0.248 e. The number of fused-ring (bicyclic) bond motifs is 1. The third-order valence-electron chi connectivity index (χ3n) is 2.92. The van der Waals surface area contributed by atoms with Gasteiger partial charge in [-0.25, -0.2) is 0 Å². The van der Waals surface area contributed by atoms with Crippen LogP contribution in [0.4, 0.5) is 0 Å². The Kier molecular flexibility index (Phi) is 2.68. The fraction of sp³-hybridized carbons (Fsp3) is 0.545. The highest BCUT2D eigenvalue weighted by Crippen LogP contribution is 2.16. The van der Waals surface area contributed by atoms with E-state index in [9.17, 15) is 4.79 Å². The maximum absolute atomic E-state index is 11.1. The average molecular weight is 192 g/mol. The third-order valence-corrected chi connectivity index (χ3v) is 2.92. The van der Waals surface area contributed by atoms with Gasteiger partial charge in [0, 0.05) is 18.3 Å². The van der Waals surface area contributed by atoms with Crippen LogP contribution in [0.15, 0.2) is 16.9 Å². The maximum atomic E-state index is 11.1.